The van der Waals surface area contributed by atoms with Crippen molar-refractivity contribution in [2.24, 2.45) is 0 Å². The molecule has 1 aliphatic rings. The average molecular weight is 459 g/mol. The predicted octanol–water partition coefficient (Wildman–Crippen LogP) is 3.68. The first-order valence-corrected chi connectivity index (χ1v) is 12.2. The minimum atomic E-state index is -3.98. The second kappa shape index (κ2) is 9.50. The number of aryl methyl sites for hydroxylation is 2. The van der Waals surface area contributed by atoms with E-state index in [9.17, 15) is 18.0 Å². The molecule has 0 aliphatic carbocycles. The van der Waals surface area contributed by atoms with E-state index in [0.29, 0.717) is 42.6 Å². The highest BCUT2D eigenvalue weighted by Crippen LogP contribution is 2.34. The van der Waals surface area contributed by atoms with E-state index in [1.54, 1.807) is 51.1 Å². The molecule has 8 heteroatoms. The monoisotopic (exact) mass is 458 g/mol. The van der Waals surface area contributed by atoms with Gasteiger partial charge in [-0.2, -0.15) is 4.31 Å². The third-order valence-corrected chi connectivity index (χ3v) is 7.17. The smallest absolute Gasteiger partial charge is 0.324 e. The number of aromatic nitrogens is 1. The Kier molecular flexibility index (Phi) is 7.15. The number of esters is 1. The molecule has 1 saturated heterocycles. The molecule has 1 atom stereocenters. The number of benzene rings is 1. The molecule has 0 bridgehead atoms. The maximum Gasteiger partial charge on any atom is 0.324 e. The molecule has 1 fully saturated rings. The van der Waals surface area contributed by atoms with E-state index < -0.39 is 27.6 Å². The Morgan fingerprint density at radius 2 is 2.00 bits per heavy atom. The molecular weight excluding hydrogens is 428 g/mol. The van der Waals surface area contributed by atoms with Crippen molar-refractivity contribution in [3.63, 3.8) is 0 Å². The number of nitrogens with zero attached hydrogens (tertiary/aromatic N) is 2. The fraction of sp³-hybridized carbons (Fsp3) is 0.458. The number of hydrogen-bond donors (Lipinski definition) is 0. The van der Waals surface area contributed by atoms with Gasteiger partial charge in [0.05, 0.1) is 10.6 Å². The number of carbonyl (C=O) groups is 2. The molecule has 0 unspecified atom stereocenters. The second-order valence-electron chi connectivity index (χ2n) is 9.03. The summed E-state index contributed by atoms with van der Waals surface area (Å²) in [5.41, 5.74) is 1.91. The third-order valence-electron chi connectivity index (χ3n) is 5.21. The molecule has 1 aromatic heterocycles. The SMILES string of the molecule is Cc1ccc(S(=O)(=O)N2CCC[C@H]2C(=O)OC(C)(C)C)c(-c2cccc(CCC=O)n2)c1. The first-order valence-electron chi connectivity index (χ1n) is 10.8. The normalized spacial score (nSPS) is 17.3. The molecule has 0 saturated carbocycles. The molecule has 2 aromatic rings. The van der Waals surface area contributed by atoms with Crippen molar-refractivity contribution < 1.29 is 22.7 Å². The van der Waals surface area contributed by atoms with E-state index in [1.807, 2.05) is 13.0 Å². The standard InChI is InChI=1S/C24H30N2O5S/c1-17-12-13-22(19(16-17)20-10-5-8-18(25-20)9-7-15-27)32(29,30)26-14-6-11-21(26)23(28)31-24(2,3)4/h5,8,10,12-13,15-16,21H,6-7,9,11,14H2,1-4H3/t21-/m0/s1. The summed E-state index contributed by atoms with van der Waals surface area (Å²) < 4.78 is 34.2. The Hall–Kier alpha value is -2.58. The first-order chi connectivity index (χ1) is 15.0. The van der Waals surface area contributed by atoms with E-state index in [0.717, 1.165) is 11.8 Å². The summed E-state index contributed by atoms with van der Waals surface area (Å²) in [5, 5.41) is 0. The molecule has 3 rings (SSSR count). The zero-order valence-electron chi connectivity index (χ0n) is 19.0. The average Bonchev–Trinajstić information content (AvgIpc) is 3.22. The zero-order chi connectivity index (χ0) is 23.5. The summed E-state index contributed by atoms with van der Waals surface area (Å²) in [6.07, 6.45) is 2.68. The van der Waals surface area contributed by atoms with Crippen LogP contribution in [-0.4, -0.2) is 48.2 Å². The number of rotatable bonds is 7. The van der Waals surface area contributed by atoms with Gasteiger partial charge in [0.2, 0.25) is 10.0 Å². The van der Waals surface area contributed by atoms with E-state index in [1.165, 1.54) is 4.31 Å². The third kappa shape index (κ3) is 5.42. The van der Waals surface area contributed by atoms with Gasteiger partial charge in [-0.1, -0.05) is 17.7 Å². The van der Waals surface area contributed by atoms with Gasteiger partial charge < -0.3 is 9.53 Å². The zero-order valence-corrected chi connectivity index (χ0v) is 19.8. The van der Waals surface area contributed by atoms with Crippen LogP contribution in [0.5, 0.6) is 0 Å². The van der Waals surface area contributed by atoms with Crippen LogP contribution in [-0.2, 0) is 30.8 Å². The van der Waals surface area contributed by atoms with Crippen molar-refractivity contribution in [3.8, 4) is 11.3 Å². The highest BCUT2D eigenvalue weighted by molar-refractivity contribution is 7.89. The summed E-state index contributed by atoms with van der Waals surface area (Å²) in [6, 6.07) is 9.64. The van der Waals surface area contributed by atoms with Gasteiger partial charge in [-0.15, -0.1) is 0 Å². The highest BCUT2D eigenvalue weighted by atomic mass is 32.2. The van der Waals surface area contributed by atoms with Crippen molar-refractivity contribution in [1.82, 2.24) is 9.29 Å². The topological polar surface area (TPSA) is 93.6 Å². The maximum absolute atomic E-state index is 13.7. The van der Waals surface area contributed by atoms with Crippen molar-refractivity contribution in [3.05, 3.63) is 47.7 Å². The van der Waals surface area contributed by atoms with Crippen LogP contribution in [0.4, 0.5) is 0 Å². The van der Waals surface area contributed by atoms with Crippen LogP contribution in [0.2, 0.25) is 0 Å². The van der Waals surface area contributed by atoms with Gasteiger partial charge in [-0.25, -0.2) is 8.42 Å². The van der Waals surface area contributed by atoms with Gasteiger partial charge in [-0.05, 0) is 71.2 Å². The first kappa shape index (κ1) is 24.1. The van der Waals surface area contributed by atoms with Crippen molar-refractivity contribution >= 4 is 22.3 Å². The van der Waals surface area contributed by atoms with Gasteiger partial charge in [0.15, 0.2) is 0 Å². The number of sulfonamides is 1. The lowest BCUT2D eigenvalue weighted by atomic mass is 10.1. The summed E-state index contributed by atoms with van der Waals surface area (Å²) in [7, 11) is -3.98. The largest absolute Gasteiger partial charge is 0.459 e. The Morgan fingerprint density at radius 3 is 2.69 bits per heavy atom. The van der Waals surface area contributed by atoms with Crippen molar-refractivity contribution in [2.45, 2.75) is 69.9 Å². The summed E-state index contributed by atoms with van der Waals surface area (Å²) in [5.74, 6) is -0.527. The molecule has 0 N–H and O–H groups in total. The molecule has 0 amide bonds. The fourth-order valence-corrected chi connectivity index (χ4v) is 5.63. The Morgan fingerprint density at radius 1 is 1.25 bits per heavy atom. The summed E-state index contributed by atoms with van der Waals surface area (Å²) in [6.45, 7) is 7.43. The van der Waals surface area contributed by atoms with Crippen LogP contribution >= 0.6 is 0 Å². The van der Waals surface area contributed by atoms with Crippen LogP contribution in [0, 0.1) is 6.92 Å². The van der Waals surface area contributed by atoms with Gasteiger partial charge >= 0.3 is 5.97 Å². The van der Waals surface area contributed by atoms with Crippen molar-refractivity contribution in [1.29, 1.82) is 0 Å². The molecule has 2 heterocycles. The van der Waals surface area contributed by atoms with E-state index in [2.05, 4.69) is 4.98 Å². The minimum Gasteiger partial charge on any atom is -0.459 e. The Balaban J connectivity index is 2.02. The van der Waals surface area contributed by atoms with Crippen LogP contribution in [0.3, 0.4) is 0 Å². The number of carbonyl (C=O) groups excluding carboxylic acids is 2. The molecule has 172 valence electrons. The number of pyridine rings is 1. The molecule has 32 heavy (non-hydrogen) atoms. The van der Waals surface area contributed by atoms with Gasteiger partial charge in [0.1, 0.15) is 17.9 Å². The lowest BCUT2D eigenvalue weighted by molar-refractivity contribution is -0.158. The molecule has 1 aromatic carbocycles. The molecular formula is C24H30N2O5S. The second-order valence-corrected chi connectivity index (χ2v) is 10.9. The minimum absolute atomic E-state index is 0.110. The lowest BCUT2D eigenvalue weighted by Gasteiger charge is -2.27. The van der Waals surface area contributed by atoms with Gasteiger partial charge in [-0.3, -0.25) is 9.78 Å². The number of aldehydes is 1. The predicted molar refractivity (Wildman–Crippen MR) is 122 cm³/mol. The maximum atomic E-state index is 13.7. The number of hydrogen-bond acceptors (Lipinski definition) is 6. The van der Waals surface area contributed by atoms with Crippen LogP contribution in [0.1, 0.15) is 51.3 Å². The number of ether oxygens (including phenoxy) is 1. The van der Waals surface area contributed by atoms with Gasteiger partial charge in [0, 0.05) is 24.2 Å². The van der Waals surface area contributed by atoms with Crippen molar-refractivity contribution in [2.75, 3.05) is 6.54 Å². The Labute approximate surface area is 189 Å². The highest BCUT2D eigenvalue weighted by Gasteiger charge is 2.42. The fourth-order valence-electron chi connectivity index (χ4n) is 3.80. The lowest BCUT2D eigenvalue weighted by Crippen LogP contribution is -2.43. The molecule has 1 aliphatic heterocycles. The van der Waals surface area contributed by atoms with Crippen LogP contribution in [0.25, 0.3) is 11.3 Å². The Bertz CT molecular complexity index is 1110. The van der Waals surface area contributed by atoms with Crippen LogP contribution in [0.15, 0.2) is 41.3 Å². The van der Waals surface area contributed by atoms with Crippen LogP contribution < -0.4 is 0 Å². The molecule has 0 radical (unpaired) electrons. The van der Waals surface area contributed by atoms with E-state index in [-0.39, 0.29) is 11.4 Å². The molecule has 0 spiro atoms. The van der Waals surface area contributed by atoms with Gasteiger partial charge in [0.25, 0.3) is 0 Å². The van der Waals surface area contributed by atoms with E-state index >= 15 is 0 Å². The summed E-state index contributed by atoms with van der Waals surface area (Å²) in [4.78, 5) is 28.2. The summed E-state index contributed by atoms with van der Waals surface area (Å²) >= 11 is 0. The quantitative estimate of drug-likeness (QED) is 0.464. The molecule has 7 nitrogen and oxygen atoms in total. The van der Waals surface area contributed by atoms with E-state index in [4.69, 9.17) is 4.74 Å².